The molecule has 9 nitrogen and oxygen atoms in total. The van der Waals surface area contributed by atoms with Crippen molar-refractivity contribution in [2.24, 2.45) is 0 Å². The summed E-state index contributed by atoms with van der Waals surface area (Å²) in [5.41, 5.74) is -0.135. The van der Waals surface area contributed by atoms with Gasteiger partial charge in [0.15, 0.2) is 0 Å². The van der Waals surface area contributed by atoms with Gasteiger partial charge in [0.25, 0.3) is 0 Å². The summed E-state index contributed by atoms with van der Waals surface area (Å²) in [4.78, 5) is 27.9. The number of carbonyl (C=O) groups excluding carboxylic acids is 2. The average Bonchev–Trinajstić information content (AvgIpc) is 3.30. The predicted molar refractivity (Wildman–Crippen MR) is 146 cm³/mol. The first kappa shape index (κ1) is 27.5. The summed E-state index contributed by atoms with van der Waals surface area (Å²) < 4.78 is 22.6. The first-order chi connectivity index (χ1) is 16.3. The van der Waals surface area contributed by atoms with Gasteiger partial charge in [-0.05, 0) is 0 Å². The van der Waals surface area contributed by atoms with E-state index in [0.29, 0.717) is 26.2 Å². The summed E-state index contributed by atoms with van der Waals surface area (Å²) in [6.45, 7) is 5.29. The minimum absolute atomic E-state index is 0.00867. The molecule has 15 heteroatoms. The van der Waals surface area contributed by atoms with E-state index in [-0.39, 0.29) is 49.2 Å². The Balaban J connectivity index is 2.13. The molecule has 3 aliphatic rings. The molecule has 1 spiro atoms. The Bertz CT molecular complexity index is 1100. The molecule has 1 aromatic rings. The van der Waals surface area contributed by atoms with Crippen LogP contribution in [0.5, 0.6) is 11.5 Å². The molecular weight excluding hydrogens is 578 g/mol. The number of rotatable bonds is 6. The molecule has 2 fully saturated rings. The van der Waals surface area contributed by atoms with Gasteiger partial charge in [0.05, 0.1) is 0 Å². The van der Waals surface area contributed by atoms with Crippen LogP contribution in [0.3, 0.4) is 0 Å². The van der Waals surface area contributed by atoms with Crippen LogP contribution in [-0.2, 0) is 0 Å². The van der Waals surface area contributed by atoms with Gasteiger partial charge in [-0.3, -0.25) is 0 Å². The van der Waals surface area contributed by atoms with Gasteiger partial charge < -0.3 is 0 Å². The van der Waals surface area contributed by atoms with Crippen molar-refractivity contribution < 1.29 is 18.6 Å². The Morgan fingerprint density at radius 3 is 1.46 bits per heavy atom. The summed E-state index contributed by atoms with van der Waals surface area (Å²) in [6.07, 6.45) is 0. The first-order valence-electron chi connectivity index (χ1n) is 11.4. The van der Waals surface area contributed by atoms with Crippen LogP contribution in [0.1, 0.15) is 27.7 Å². The molecule has 0 N–H and O–H groups in total. The molecular formula is C20H31Cl4N5O4P2. The molecule has 0 unspecified atom stereocenters. The summed E-state index contributed by atoms with van der Waals surface area (Å²) in [5.74, 6) is 0.282. The molecule has 0 radical (unpaired) electrons. The molecule has 3 aliphatic heterocycles. The van der Waals surface area contributed by atoms with E-state index in [9.17, 15) is 9.59 Å². The van der Waals surface area contributed by atoms with Crippen LogP contribution in [0.2, 0.25) is 20.1 Å². The molecule has 3 amide bonds. The molecule has 3 heterocycles. The Labute approximate surface area is 226 Å². The fourth-order valence-corrected chi connectivity index (χ4v) is 24.0. The number of fused-ring (bicyclic) bond motifs is 1. The van der Waals surface area contributed by atoms with Crippen molar-refractivity contribution in [1.29, 1.82) is 0 Å². The Hall–Kier alpha value is -0.500. The summed E-state index contributed by atoms with van der Waals surface area (Å²) in [6, 6.07) is -0.350. The Morgan fingerprint density at radius 2 is 1.11 bits per heavy atom. The van der Waals surface area contributed by atoms with Crippen LogP contribution in [-0.4, -0.2) is 88.3 Å². The van der Waals surface area contributed by atoms with Gasteiger partial charge in [-0.25, -0.2) is 0 Å². The van der Waals surface area contributed by atoms with E-state index >= 15 is 0 Å². The number of hydrogen-bond donors (Lipinski definition) is 0. The minimum atomic E-state index is -5.33. The van der Waals surface area contributed by atoms with E-state index < -0.39 is 14.4 Å². The van der Waals surface area contributed by atoms with E-state index in [4.69, 9.17) is 55.5 Å². The Morgan fingerprint density at radius 1 is 0.743 bits per heavy atom. The summed E-state index contributed by atoms with van der Waals surface area (Å²) in [5, 5.41) is 0.0397. The van der Waals surface area contributed by atoms with Crippen LogP contribution >= 0.6 is 60.8 Å². The van der Waals surface area contributed by atoms with Crippen LogP contribution in [0.4, 0.5) is 9.59 Å². The molecule has 0 bridgehead atoms. The predicted octanol–water partition coefficient (Wildman–Crippen LogP) is 7.29. The van der Waals surface area contributed by atoms with E-state index in [1.165, 1.54) is 14.0 Å². The van der Waals surface area contributed by atoms with Crippen molar-refractivity contribution in [2.75, 3.05) is 53.2 Å². The second kappa shape index (κ2) is 8.00. The quantitative estimate of drug-likeness (QED) is 0.192. The molecule has 1 aromatic carbocycles. The van der Waals surface area contributed by atoms with Crippen LogP contribution < -0.4 is 9.05 Å². The molecule has 2 saturated heterocycles. The third-order valence-electron chi connectivity index (χ3n) is 8.03. The Kier molecular flexibility index (Phi) is 6.29. The fraction of sp³-hybridized carbons (Fsp3) is 0.600. The zero-order valence-corrected chi connectivity index (χ0v) is 25.6. The zero-order chi connectivity index (χ0) is 26.4. The maximum atomic E-state index is 14.6. The molecule has 35 heavy (non-hydrogen) atoms. The fourth-order valence-electron chi connectivity index (χ4n) is 6.03. The van der Waals surface area contributed by atoms with E-state index in [1.54, 1.807) is 21.1 Å². The number of benzene rings is 1. The number of urea groups is 1. The van der Waals surface area contributed by atoms with Gasteiger partial charge in [-0.15, -0.1) is 0 Å². The average molecular weight is 609 g/mol. The van der Waals surface area contributed by atoms with Crippen LogP contribution in [0.15, 0.2) is 0 Å². The van der Waals surface area contributed by atoms with Crippen molar-refractivity contribution in [2.45, 2.75) is 27.7 Å². The number of amides is 3. The summed E-state index contributed by atoms with van der Waals surface area (Å²) in [7, 11) is 2.01. The third kappa shape index (κ3) is 2.58. The monoisotopic (exact) mass is 607 g/mol. The second-order valence-electron chi connectivity index (χ2n) is 8.90. The number of hydrogen-bond acceptors (Lipinski definition) is 6. The first-order valence-corrected chi connectivity index (χ1v) is 17.4. The summed E-state index contributed by atoms with van der Waals surface area (Å²) >= 11 is 26.0. The van der Waals surface area contributed by atoms with Crippen molar-refractivity contribution in [3.8, 4) is 11.5 Å². The van der Waals surface area contributed by atoms with E-state index in [0.717, 1.165) is 0 Å². The van der Waals surface area contributed by atoms with Gasteiger partial charge in [0.2, 0.25) is 0 Å². The van der Waals surface area contributed by atoms with Crippen molar-refractivity contribution >= 4 is 72.5 Å². The van der Waals surface area contributed by atoms with Gasteiger partial charge in [0, 0.05) is 0 Å². The zero-order valence-electron chi connectivity index (χ0n) is 20.8. The normalized spacial score (nSPS) is 24.8. The van der Waals surface area contributed by atoms with Crippen LogP contribution in [0, 0.1) is 0 Å². The van der Waals surface area contributed by atoms with Crippen molar-refractivity contribution in [3.63, 3.8) is 0 Å². The number of carbonyl (C=O) groups is 2. The topological polar surface area (TPSA) is 68.8 Å². The van der Waals surface area contributed by atoms with E-state index in [1.807, 2.05) is 27.7 Å². The standard InChI is InChI=1S/C20H31Cl4N5O4P2/c1-8-28(9-2)34(29(10-3)11-4)12-35(27(7)20(34)31,25(5)19(30)26(35)6)32-17-15(23)13(21)14(22)16(24)18(17)33-35/h8-12H2,1-7H3. The van der Waals surface area contributed by atoms with E-state index in [2.05, 4.69) is 9.34 Å². The molecule has 198 valence electrons. The molecule has 4 rings (SSSR count). The maximum absolute atomic E-state index is 14.6. The number of nitrogens with zero attached hydrogens (tertiary/aromatic N) is 5. The van der Waals surface area contributed by atoms with Gasteiger partial charge in [-0.2, -0.15) is 0 Å². The molecule has 0 saturated carbocycles. The van der Waals surface area contributed by atoms with Gasteiger partial charge >= 0.3 is 227 Å². The van der Waals surface area contributed by atoms with Crippen molar-refractivity contribution in [1.82, 2.24) is 23.4 Å². The van der Waals surface area contributed by atoms with Gasteiger partial charge in [0.1, 0.15) is 0 Å². The number of halogens is 4. The van der Waals surface area contributed by atoms with Crippen molar-refractivity contribution in [3.05, 3.63) is 20.1 Å². The molecule has 0 aliphatic carbocycles. The van der Waals surface area contributed by atoms with Crippen LogP contribution in [0.25, 0.3) is 0 Å². The van der Waals surface area contributed by atoms with Gasteiger partial charge in [-0.1, -0.05) is 0 Å². The molecule has 0 aromatic heterocycles. The molecule has 0 atom stereocenters. The SMILES string of the molecule is CCN(CC)[P+]1(N(CC)CC)C[P-]23(Oc4c(Cl)c(Cl)c(Cl)c(Cl)c4O2)(N(C)C(=O)N3C)N(C)C1=O. The third-order valence-corrected chi connectivity index (χ3v) is 24.0. The second-order valence-corrected chi connectivity index (χ2v) is 19.7.